The zero-order chi connectivity index (χ0) is 74.5. The number of para-hydroxylation sites is 2. The van der Waals surface area contributed by atoms with E-state index in [-0.39, 0.29) is 91.2 Å². The SMILES string of the molecule is CC(=O)Cl.CC(=O)N(Cc1ccccc1)[C@H]1CCCCC/C=C\[C@@H]2C[C@@]2(C(=O)NS(=O)(=O)C2(C)CC2)CC(=O)[C@@H]2C[C@@H](Oc3nc4ccccc4s3)CN2C1=O.CC1(S(=O)(=O)NC(=O)[C@]23CC(=O)[C@@H]4C[C@@H](Oc5nc6ccccc6s5)CN4C(=O)[C@@H](CCc4ccccc4)CCCCC/C=C\[C@@H]2C3)CC1. The van der Waals surface area contributed by atoms with Gasteiger partial charge in [-0.3, -0.25) is 47.8 Å². The summed E-state index contributed by atoms with van der Waals surface area (Å²) in [6, 6.07) is 32.6. The highest BCUT2D eigenvalue weighted by atomic mass is 35.5. The van der Waals surface area contributed by atoms with Crippen LogP contribution in [0.3, 0.4) is 0 Å². The van der Waals surface area contributed by atoms with Crippen molar-refractivity contribution in [3.8, 4) is 10.4 Å². The van der Waals surface area contributed by atoms with Crippen LogP contribution in [0.2, 0.25) is 0 Å². The van der Waals surface area contributed by atoms with Gasteiger partial charge in [-0.2, -0.15) is 0 Å². The number of nitrogens with one attached hydrogen (secondary N) is 2. The summed E-state index contributed by atoms with van der Waals surface area (Å²) in [6.07, 6.45) is 19.3. The number of hydrogen-bond acceptors (Lipinski definition) is 18. The molecule has 4 aliphatic heterocycles. The maximum atomic E-state index is 14.8. The van der Waals surface area contributed by atoms with Gasteiger partial charge in [-0.15, -0.1) is 0 Å². The highest BCUT2D eigenvalue weighted by Crippen LogP contribution is 2.59. The molecular formula is C79H94ClN7O14S4. The van der Waals surface area contributed by atoms with Gasteiger partial charge >= 0.3 is 0 Å². The zero-order valence-corrected chi connectivity index (χ0v) is 64.0. The van der Waals surface area contributed by atoms with Gasteiger partial charge in [0.1, 0.15) is 18.2 Å². The minimum Gasteiger partial charge on any atom is -0.465 e. The van der Waals surface area contributed by atoms with E-state index >= 15 is 0 Å². The number of nitrogens with zero attached hydrogens (tertiary/aromatic N) is 5. The number of ether oxygens (including phenoxy) is 2. The van der Waals surface area contributed by atoms with Gasteiger partial charge in [0.25, 0.3) is 10.4 Å². The number of allylic oxidation sites excluding steroid dienone is 4. The Morgan fingerprint density at radius 3 is 1.46 bits per heavy atom. The normalized spacial score (nSPS) is 27.9. The molecule has 6 aromatic rings. The Morgan fingerprint density at radius 1 is 0.581 bits per heavy atom. The first-order valence-corrected chi connectivity index (χ1v) is 41.9. The van der Waals surface area contributed by atoms with Crippen LogP contribution < -0.4 is 18.9 Å². The highest BCUT2D eigenvalue weighted by Gasteiger charge is 2.64. The quantitative estimate of drug-likeness (QED) is 0.0673. The standard InChI is InChI=1S/C39H46N4O7S2.C38H45N3O6S2.C2H3ClO/c1-26(44)42(24-27-13-7-6-8-14-27)31-17-10-5-3-4-9-15-28-22-39(28,36(47)41-52(48,49)38(2)19-20-38)23-33(45)32-21-29(25-43(32)35(31)46)50-37-40-30-16-11-12-18-34(30)51-37;1-37(20-21-37)49(45,46)40-35(44)38-23-28(38)15-9-4-2-3-8-14-27(19-18-26-12-6-5-7-13-26)34(43)41-25-29(22-31(41)32(42)24-38)47-36-39-30-16-10-11-17-33(30)48-36;1-2(3)4/h6-9,11-16,18,28-29,31-32H,3-5,10,17,19-25H2,1-2H3,(H,41,47);5-7,9-13,15-17,27-29,31H,2-4,8,14,18-25H2,1H3,(H,40,44);1H3/b2*15-9-;/t28-,29-,31+,32+,39-;27-,28-,29-,31+,38-;/m11./s1. The third-order valence-corrected chi connectivity index (χ3v) is 28.6. The van der Waals surface area contributed by atoms with Crippen molar-refractivity contribution in [3.05, 3.63) is 145 Å². The minimum absolute atomic E-state index is 0.0484. The summed E-state index contributed by atoms with van der Waals surface area (Å²) in [7, 11) is -7.80. The fourth-order valence-electron chi connectivity index (χ4n) is 15.2. The molecule has 0 bridgehead atoms. The third kappa shape index (κ3) is 18.1. The van der Waals surface area contributed by atoms with Gasteiger partial charge in [0.15, 0.2) is 11.6 Å². The number of benzene rings is 4. The molecule has 2 aromatic heterocycles. The zero-order valence-electron chi connectivity index (χ0n) is 60.0. The minimum atomic E-state index is -3.92. The molecule has 0 unspecified atom stereocenters. The Morgan fingerprint density at radius 2 is 1.01 bits per heavy atom. The average Bonchev–Trinajstić information content (AvgIpc) is 1.59. The van der Waals surface area contributed by atoms with Crippen LogP contribution in [0.1, 0.15) is 174 Å². The lowest BCUT2D eigenvalue weighted by atomic mass is 9.90. The number of carbonyl (C=O) groups is 8. The summed E-state index contributed by atoms with van der Waals surface area (Å²) in [5.41, 5.74) is 1.30. The van der Waals surface area contributed by atoms with Gasteiger partial charge in [-0.05, 0) is 163 Å². The number of thiazole rings is 2. The molecule has 14 rings (SSSR count). The third-order valence-electron chi connectivity index (χ3n) is 22.5. The highest BCUT2D eigenvalue weighted by molar-refractivity contribution is 7.92. The molecule has 0 spiro atoms. The Hall–Kier alpha value is -7.71. The molecule has 2 saturated heterocycles. The van der Waals surface area contributed by atoms with Crippen LogP contribution in [0.15, 0.2) is 133 Å². The second-order valence-corrected chi connectivity index (χ2v) is 37.2. The summed E-state index contributed by atoms with van der Waals surface area (Å²) >= 11 is 7.46. The first kappa shape index (κ1) is 76.9. The van der Waals surface area contributed by atoms with Gasteiger partial charge < -0.3 is 24.2 Å². The molecule has 2 N–H and O–H groups in total. The predicted octanol–water partition coefficient (Wildman–Crippen LogP) is 12.7. The number of carbonyl (C=O) groups excluding carboxylic acids is 8. The number of amides is 5. The predicted molar refractivity (Wildman–Crippen MR) is 404 cm³/mol. The van der Waals surface area contributed by atoms with Crippen molar-refractivity contribution in [1.82, 2.24) is 34.1 Å². The molecule has 6 heterocycles. The molecule has 8 aliphatic rings. The number of aromatic nitrogens is 2. The first-order valence-electron chi connectivity index (χ1n) is 36.9. The Kier molecular flexibility index (Phi) is 23.7. The van der Waals surface area contributed by atoms with E-state index in [0.29, 0.717) is 74.6 Å². The van der Waals surface area contributed by atoms with E-state index in [9.17, 15) is 55.2 Å². The maximum Gasteiger partial charge on any atom is 0.274 e. The molecule has 26 heteroatoms. The van der Waals surface area contributed by atoms with E-state index < -0.39 is 82.5 Å². The maximum absolute atomic E-state index is 14.8. The Labute approximate surface area is 627 Å². The number of fused-ring (bicyclic) bond motifs is 6. The number of sulfonamides is 2. The lowest BCUT2D eigenvalue weighted by molar-refractivity contribution is -0.148. The van der Waals surface area contributed by atoms with Crippen LogP contribution in [0, 0.1) is 28.6 Å². The number of ketones is 2. The van der Waals surface area contributed by atoms with Crippen molar-refractivity contribution in [3.63, 3.8) is 0 Å². The van der Waals surface area contributed by atoms with Crippen molar-refractivity contribution >= 4 is 121 Å². The molecule has 4 aliphatic carbocycles. The molecule has 560 valence electrons. The summed E-state index contributed by atoms with van der Waals surface area (Å²) in [6.45, 7) is 6.63. The molecule has 4 saturated carbocycles. The Balaban J connectivity index is 0.000000188. The van der Waals surface area contributed by atoms with Crippen LogP contribution in [0.5, 0.6) is 10.4 Å². The van der Waals surface area contributed by atoms with E-state index in [4.69, 9.17) is 9.47 Å². The largest absolute Gasteiger partial charge is 0.465 e. The number of Topliss-reactive ketones (excluding diaryl/α,β-unsaturated/α-hetero) is 2. The fourth-order valence-corrected chi connectivity index (χ4v) is 19.6. The van der Waals surface area contributed by atoms with E-state index in [0.717, 1.165) is 83.8 Å². The van der Waals surface area contributed by atoms with Gasteiger partial charge in [0.05, 0.1) is 65.9 Å². The van der Waals surface area contributed by atoms with Gasteiger partial charge in [-0.25, -0.2) is 26.8 Å². The van der Waals surface area contributed by atoms with E-state index in [1.54, 1.807) is 28.5 Å². The first-order chi connectivity index (χ1) is 50.2. The van der Waals surface area contributed by atoms with Crippen LogP contribution in [0.4, 0.5) is 0 Å². The van der Waals surface area contributed by atoms with Crippen LogP contribution >= 0.6 is 34.3 Å². The lowest BCUT2D eigenvalue weighted by Gasteiger charge is -2.35. The molecule has 105 heavy (non-hydrogen) atoms. The van der Waals surface area contributed by atoms with Gasteiger partial charge in [0, 0.05) is 52.0 Å². The molecule has 10 atom stereocenters. The Bertz CT molecular complexity index is 4450. The molecule has 21 nitrogen and oxygen atoms in total. The van der Waals surface area contributed by atoms with E-state index in [1.807, 2.05) is 115 Å². The number of aryl methyl sites for hydroxylation is 1. The molecule has 4 aromatic carbocycles. The van der Waals surface area contributed by atoms with Crippen LogP contribution in [-0.4, -0.2) is 141 Å². The smallest absolute Gasteiger partial charge is 0.274 e. The summed E-state index contributed by atoms with van der Waals surface area (Å²) in [5, 5.41) is 0.568. The second-order valence-electron chi connectivity index (χ2n) is 30.3. The monoisotopic (exact) mass is 1530 g/mol. The number of rotatable bonds is 16. The topological polar surface area (TPSA) is 283 Å². The van der Waals surface area contributed by atoms with Crippen molar-refractivity contribution in [1.29, 1.82) is 0 Å². The molecular weight excluding hydrogens is 1430 g/mol. The van der Waals surface area contributed by atoms with Gasteiger partial charge in [-0.1, -0.05) is 158 Å². The van der Waals surface area contributed by atoms with Crippen molar-refractivity contribution in [2.75, 3.05) is 13.1 Å². The van der Waals surface area contributed by atoms with E-state index in [1.165, 1.54) is 42.1 Å². The summed E-state index contributed by atoms with van der Waals surface area (Å²) in [5.74, 6) is -3.21. The van der Waals surface area contributed by atoms with Gasteiger partial charge in [0.2, 0.25) is 54.8 Å². The van der Waals surface area contributed by atoms with Crippen LogP contribution in [0.25, 0.3) is 20.4 Å². The lowest BCUT2D eigenvalue weighted by Crippen LogP contribution is -2.53. The molecule has 5 amide bonds. The van der Waals surface area contributed by atoms with Crippen molar-refractivity contribution < 1.29 is 64.7 Å². The molecule has 0 radical (unpaired) electrons. The van der Waals surface area contributed by atoms with Crippen molar-refractivity contribution in [2.45, 2.75) is 215 Å². The fraction of sp³-hybridized carbons (Fsp3) is 0.519. The summed E-state index contributed by atoms with van der Waals surface area (Å²) in [4.78, 5) is 123. The van der Waals surface area contributed by atoms with Crippen LogP contribution in [-0.2, 0) is 71.4 Å². The number of hydrogen-bond donors (Lipinski definition) is 2. The second kappa shape index (κ2) is 32.4. The van der Waals surface area contributed by atoms with Crippen molar-refractivity contribution in [2.24, 2.45) is 28.6 Å². The van der Waals surface area contributed by atoms with E-state index in [2.05, 4.69) is 49.2 Å². The number of halogens is 1. The molecule has 6 fully saturated rings. The summed E-state index contributed by atoms with van der Waals surface area (Å²) < 4.78 is 70.0. The average molecular weight is 1530 g/mol.